The van der Waals surface area contributed by atoms with Gasteiger partial charge < -0.3 is 4.52 Å². The highest BCUT2D eigenvalue weighted by Gasteiger charge is 2.13. The van der Waals surface area contributed by atoms with Crippen LogP contribution in [0, 0.1) is 5.82 Å². The van der Waals surface area contributed by atoms with E-state index in [4.69, 9.17) is 4.52 Å². The van der Waals surface area contributed by atoms with Gasteiger partial charge in [-0.3, -0.25) is 4.40 Å². The van der Waals surface area contributed by atoms with Crippen molar-refractivity contribution in [2.75, 3.05) is 0 Å². The average Bonchev–Trinajstić information content (AvgIpc) is 3.13. The van der Waals surface area contributed by atoms with Gasteiger partial charge in [-0.25, -0.2) is 14.4 Å². The lowest BCUT2D eigenvalue weighted by molar-refractivity contribution is 0.423. The maximum Gasteiger partial charge on any atom is 0.278 e. The number of nitrogens with zero attached hydrogens (tertiary/aromatic N) is 5. The summed E-state index contributed by atoms with van der Waals surface area (Å²) in [6.07, 6.45) is 5.66. The zero-order valence-electron chi connectivity index (χ0n) is 11.3. The van der Waals surface area contributed by atoms with E-state index in [9.17, 15) is 4.39 Å². The van der Waals surface area contributed by atoms with E-state index in [0.29, 0.717) is 29.6 Å². The van der Waals surface area contributed by atoms with E-state index < -0.39 is 0 Å². The Morgan fingerprint density at radius 3 is 3.00 bits per heavy atom. The molecule has 0 aliphatic rings. The predicted molar refractivity (Wildman–Crippen MR) is 75.5 cm³/mol. The molecule has 22 heavy (non-hydrogen) atoms. The topological polar surface area (TPSA) is 69.1 Å². The Bertz CT molecular complexity index is 913. The van der Waals surface area contributed by atoms with Crippen LogP contribution in [0.3, 0.4) is 0 Å². The van der Waals surface area contributed by atoms with Crippen molar-refractivity contribution >= 4 is 5.78 Å². The zero-order valence-corrected chi connectivity index (χ0v) is 11.3. The molecule has 6 nitrogen and oxygen atoms in total. The van der Waals surface area contributed by atoms with Gasteiger partial charge in [0.1, 0.15) is 11.5 Å². The number of rotatable bonds is 3. The van der Waals surface area contributed by atoms with Gasteiger partial charge in [-0.1, -0.05) is 17.3 Å². The first kappa shape index (κ1) is 12.6. The largest absolute Gasteiger partial charge is 0.332 e. The van der Waals surface area contributed by atoms with Gasteiger partial charge in [-0.15, -0.1) is 0 Å². The summed E-state index contributed by atoms with van der Waals surface area (Å²) in [5, 5.41) is 3.91. The van der Waals surface area contributed by atoms with E-state index in [-0.39, 0.29) is 5.82 Å². The maximum absolute atomic E-state index is 13.2. The van der Waals surface area contributed by atoms with Crippen molar-refractivity contribution in [1.82, 2.24) is 24.5 Å². The van der Waals surface area contributed by atoms with Gasteiger partial charge in [-0.05, 0) is 23.8 Å². The molecule has 0 amide bonds. The molecule has 0 saturated heterocycles. The van der Waals surface area contributed by atoms with Crippen LogP contribution < -0.4 is 0 Å². The summed E-state index contributed by atoms with van der Waals surface area (Å²) in [5.41, 5.74) is 1.33. The number of fused-ring (bicyclic) bond motifs is 1. The molecule has 3 heterocycles. The molecule has 0 fully saturated rings. The van der Waals surface area contributed by atoms with Crippen molar-refractivity contribution in [2.24, 2.45) is 0 Å². The number of benzene rings is 1. The first-order valence-corrected chi connectivity index (χ1v) is 6.65. The van der Waals surface area contributed by atoms with E-state index in [1.807, 2.05) is 18.3 Å². The van der Waals surface area contributed by atoms with Crippen molar-refractivity contribution in [3.63, 3.8) is 0 Å². The molecule has 0 spiro atoms. The smallest absolute Gasteiger partial charge is 0.278 e. The van der Waals surface area contributed by atoms with Crippen molar-refractivity contribution in [1.29, 1.82) is 0 Å². The average molecular weight is 295 g/mol. The Morgan fingerprint density at radius 2 is 2.14 bits per heavy atom. The Balaban J connectivity index is 1.63. The van der Waals surface area contributed by atoms with E-state index >= 15 is 0 Å². The van der Waals surface area contributed by atoms with Crippen molar-refractivity contribution < 1.29 is 8.91 Å². The number of imidazole rings is 1. The molecule has 7 heteroatoms. The van der Waals surface area contributed by atoms with Crippen LogP contribution in [0.4, 0.5) is 4.39 Å². The number of halogens is 1. The Kier molecular flexibility index (Phi) is 2.89. The van der Waals surface area contributed by atoms with Crippen LogP contribution in [0.15, 0.2) is 53.4 Å². The van der Waals surface area contributed by atoms with Gasteiger partial charge in [0, 0.05) is 25.0 Å². The summed E-state index contributed by atoms with van der Waals surface area (Å²) < 4.78 is 20.2. The normalized spacial score (nSPS) is 11.1. The van der Waals surface area contributed by atoms with Crippen molar-refractivity contribution in [3.05, 3.63) is 66.1 Å². The second-order valence-corrected chi connectivity index (χ2v) is 4.78. The third-order valence-corrected chi connectivity index (χ3v) is 3.17. The lowest BCUT2D eigenvalue weighted by atomic mass is 10.1. The Morgan fingerprint density at radius 1 is 1.18 bits per heavy atom. The van der Waals surface area contributed by atoms with Crippen LogP contribution in [0.25, 0.3) is 17.4 Å². The molecule has 0 saturated carbocycles. The van der Waals surface area contributed by atoms with Gasteiger partial charge in [0.05, 0.1) is 0 Å². The molecule has 0 radical (unpaired) electrons. The summed E-state index contributed by atoms with van der Waals surface area (Å²) in [6, 6.07) is 8.12. The summed E-state index contributed by atoms with van der Waals surface area (Å²) in [6.45, 7) is 0. The van der Waals surface area contributed by atoms with Gasteiger partial charge in [0.2, 0.25) is 5.78 Å². The maximum atomic E-state index is 13.2. The summed E-state index contributed by atoms with van der Waals surface area (Å²) in [4.78, 5) is 12.7. The van der Waals surface area contributed by atoms with Crippen LogP contribution in [0.1, 0.15) is 11.4 Å². The van der Waals surface area contributed by atoms with Gasteiger partial charge >= 0.3 is 0 Å². The van der Waals surface area contributed by atoms with Crippen LogP contribution in [-0.4, -0.2) is 24.5 Å². The third kappa shape index (κ3) is 2.32. The van der Waals surface area contributed by atoms with Crippen molar-refractivity contribution in [3.8, 4) is 11.6 Å². The van der Waals surface area contributed by atoms with E-state index in [1.54, 1.807) is 22.9 Å². The predicted octanol–water partition coefficient (Wildman–Crippen LogP) is 2.51. The fraction of sp³-hybridized carbons (Fsp3) is 0.0667. The molecule has 0 atom stereocenters. The molecule has 4 rings (SSSR count). The van der Waals surface area contributed by atoms with Crippen LogP contribution in [0.2, 0.25) is 0 Å². The minimum atomic E-state index is -0.285. The highest BCUT2D eigenvalue weighted by Crippen LogP contribution is 2.17. The van der Waals surface area contributed by atoms with Gasteiger partial charge in [0.15, 0.2) is 5.82 Å². The molecule has 108 valence electrons. The number of hydrogen-bond acceptors (Lipinski definition) is 5. The third-order valence-electron chi connectivity index (χ3n) is 3.17. The van der Waals surface area contributed by atoms with E-state index in [0.717, 1.165) is 5.56 Å². The highest BCUT2D eigenvalue weighted by atomic mass is 19.1. The van der Waals surface area contributed by atoms with E-state index in [1.165, 1.54) is 12.1 Å². The SMILES string of the molecule is Fc1cccc(Cc2noc(-c3cn4cccnc4n3)n2)c1. The summed E-state index contributed by atoms with van der Waals surface area (Å²) in [7, 11) is 0. The summed E-state index contributed by atoms with van der Waals surface area (Å²) >= 11 is 0. The molecular formula is C15H10FN5O. The number of hydrogen-bond donors (Lipinski definition) is 0. The highest BCUT2D eigenvalue weighted by molar-refractivity contribution is 5.51. The molecule has 0 aliphatic carbocycles. The van der Waals surface area contributed by atoms with Gasteiger partial charge in [-0.2, -0.15) is 4.98 Å². The molecule has 0 aliphatic heterocycles. The molecule has 3 aromatic heterocycles. The standard InChI is InChI=1S/C15H10FN5O/c16-11-4-1-3-10(7-11)8-13-19-14(22-20-13)12-9-21-6-2-5-17-15(21)18-12/h1-7,9H,8H2. The molecule has 0 bridgehead atoms. The Labute approximate surface area is 124 Å². The van der Waals surface area contributed by atoms with Gasteiger partial charge in [0.25, 0.3) is 5.89 Å². The van der Waals surface area contributed by atoms with Crippen LogP contribution >= 0.6 is 0 Å². The molecular weight excluding hydrogens is 285 g/mol. The second-order valence-electron chi connectivity index (χ2n) is 4.78. The summed E-state index contributed by atoms with van der Waals surface area (Å²) in [5.74, 6) is 1.07. The fourth-order valence-corrected chi connectivity index (χ4v) is 2.19. The first-order valence-electron chi connectivity index (χ1n) is 6.65. The van der Waals surface area contributed by atoms with Crippen LogP contribution in [-0.2, 0) is 6.42 Å². The molecule has 1 aromatic carbocycles. The van der Waals surface area contributed by atoms with Crippen LogP contribution in [0.5, 0.6) is 0 Å². The van der Waals surface area contributed by atoms with E-state index in [2.05, 4.69) is 20.1 Å². The molecule has 4 aromatic rings. The zero-order chi connectivity index (χ0) is 14.9. The minimum absolute atomic E-state index is 0.285. The molecule has 0 unspecified atom stereocenters. The first-order chi connectivity index (χ1) is 10.8. The monoisotopic (exact) mass is 295 g/mol. The lowest BCUT2D eigenvalue weighted by Gasteiger charge is -1.95. The minimum Gasteiger partial charge on any atom is -0.332 e. The quantitative estimate of drug-likeness (QED) is 0.581. The van der Waals surface area contributed by atoms with Crippen molar-refractivity contribution in [2.45, 2.75) is 6.42 Å². The number of aromatic nitrogens is 5. The second kappa shape index (κ2) is 5.03. The Hall–Kier alpha value is -3.09. The fourth-order valence-electron chi connectivity index (χ4n) is 2.19. The molecule has 0 N–H and O–H groups in total. The lowest BCUT2D eigenvalue weighted by Crippen LogP contribution is -1.91.